The van der Waals surface area contributed by atoms with Crippen LogP contribution in [0.1, 0.15) is 24.6 Å². The third-order valence-electron chi connectivity index (χ3n) is 2.92. The van der Waals surface area contributed by atoms with Crippen molar-refractivity contribution < 1.29 is 0 Å². The molecule has 0 unspecified atom stereocenters. The fourth-order valence-electron chi connectivity index (χ4n) is 1.83. The van der Waals surface area contributed by atoms with Crippen molar-refractivity contribution in [2.24, 2.45) is 0 Å². The number of halogens is 3. The Balaban J connectivity index is 2.15. The Morgan fingerprint density at radius 3 is 2.11 bits per heavy atom. The molecular formula is C13H9Cl3N2. The normalized spacial score (nSPS) is 14.8. The topological polar surface area (TPSA) is 25.8 Å². The van der Waals surface area contributed by atoms with Crippen molar-refractivity contribution >= 4 is 34.8 Å². The van der Waals surface area contributed by atoms with Gasteiger partial charge in [-0.2, -0.15) is 0 Å². The Morgan fingerprint density at radius 1 is 0.944 bits per heavy atom. The smallest absolute Gasteiger partial charge is 0.142 e. The minimum atomic E-state index is 0.366. The average Bonchev–Trinajstić information content (AvgIpc) is 3.14. The third-order valence-corrected chi connectivity index (χ3v) is 3.80. The van der Waals surface area contributed by atoms with Crippen LogP contribution in [-0.4, -0.2) is 9.97 Å². The first-order chi connectivity index (χ1) is 8.66. The van der Waals surface area contributed by atoms with Gasteiger partial charge in [-0.15, -0.1) is 0 Å². The van der Waals surface area contributed by atoms with Gasteiger partial charge in [0, 0.05) is 16.5 Å². The van der Waals surface area contributed by atoms with Gasteiger partial charge in [-0.05, 0) is 18.9 Å². The summed E-state index contributed by atoms with van der Waals surface area (Å²) in [6.07, 6.45) is 2.22. The quantitative estimate of drug-likeness (QED) is 0.731. The molecular weight excluding hydrogens is 291 g/mol. The van der Waals surface area contributed by atoms with E-state index in [2.05, 4.69) is 9.97 Å². The van der Waals surface area contributed by atoms with E-state index in [1.54, 1.807) is 6.07 Å². The van der Waals surface area contributed by atoms with Crippen LogP contribution < -0.4 is 0 Å². The Labute approximate surface area is 120 Å². The van der Waals surface area contributed by atoms with Crippen LogP contribution in [-0.2, 0) is 0 Å². The van der Waals surface area contributed by atoms with Crippen LogP contribution in [0.2, 0.25) is 15.3 Å². The van der Waals surface area contributed by atoms with E-state index in [1.165, 1.54) is 0 Å². The van der Waals surface area contributed by atoms with Crippen molar-refractivity contribution in [2.75, 3.05) is 0 Å². The van der Waals surface area contributed by atoms with Crippen molar-refractivity contribution in [3.8, 4) is 11.1 Å². The van der Waals surface area contributed by atoms with E-state index in [1.807, 2.05) is 18.2 Å². The maximum atomic E-state index is 6.22. The lowest BCUT2D eigenvalue weighted by Gasteiger charge is -2.09. The number of rotatable bonds is 2. The van der Waals surface area contributed by atoms with Gasteiger partial charge in [-0.1, -0.05) is 53.0 Å². The molecule has 5 heteroatoms. The van der Waals surface area contributed by atoms with Gasteiger partial charge in [-0.3, -0.25) is 0 Å². The lowest BCUT2D eigenvalue weighted by Crippen LogP contribution is -1.97. The number of benzene rings is 1. The number of aromatic nitrogens is 2. The van der Waals surface area contributed by atoms with E-state index < -0.39 is 0 Å². The SMILES string of the molecule is Clc1ccccc1-c1c(Cl)nc(C2CC2)nc1Cl. The second kappa shape index (κ2) is 4.69. The first kappa shape index (κ1) is 12.2. The summed E-state index contributed by atoms with van der Waals surface area (Å²) < 4.78 is 0. The highest BCUT2D eigenvalue weighted by atomic mass is 35.5. The molecule has 0 aliphatic heterocycles. The van der Waals surface area contributed by atoms with E-state index in [0.29, 0.717) is 26.8 Å². The van der Waals surface area contributed by atoms with Crippen molar-refractivity contribution in [3.05, 3.63) is 45.4 Å². The highest BCUT2D eigenvalue weighted by Gasteiger charge is 2.28. The Bertz CT molecular complexity index is 586. The zero-order chi connectivity index (χ0) is 12.7. The monoisotopic (exact) mass is 298 g/mol. The van der Waals surface area contributed by atoms with Crippen molar-refractivity contribution in [3.63, 3.8) is 0 Å². The molecule has 2 nitrogen and oxygen atoms in total. The molecule has 1 fully saturated rings. The number of hydrogen-bond donors (Lipinski definition) is 0. The van der Waals surface area contributed by atoms with Crippen LogP contribution in [0, 0.1) is 0 Å². The summed E-state index contributed by atoms with van der Waals surface area (Å²) in [6.45, 7) is 0. The Hall–Kier alpha value is -0.830. The molecule has 0 spiro atoms. The second-order valence-corrected chi connectivity index (χ2v) is 5.42. The van der Waals surface area contributed by atoms with Crippen LogP contribution in [0.25, 0.3) is 11.1 Å². The maximum absolute atomic E-state index is 6.22. The summed E-state index contributed by atoms with van der Waals surface area (Å²) in [5, 5.41) is 1.32. The van der Waals surface area contributed by atoms with E-state index >= 15 is 0 Å². The molecule has 1 heterocycles. The largest absolute Gasteiger partial charge is 0.220 e. The number of hydrogen-bond acceptors (Lipinski definition) is 2. The Kier molecular flexibility index (Phi) is 3.18. The van der Waals surface area contributed by atoms with Gasteiger partial charge in [-0.25, -0.2) is 9.97 Å². The zero-order valence-electron chi connectivity index (χ0n) is 9.33. The highest BCUT2D eigenvalue weighted by Crippen LogP contribution is 2.42. The summed E-state index contributed by atoms with van der Waals surface area (Å²) in [5.41, 5.74) is 1.37. The molecule has 3 rings (SSSR count). The van der Waals surface area contributed by atoms with E-state index in [9.17, 15) is 0 Å². The minimum absolute atomic E-state index is 0.366. The van der Waals surface area contributed by atoms with Crippen LogP contribution in [0.4, 0.5) is 0 Å². The van der Waals surface area contributed by atoms with Crippen LogP contribution in [0.15, 0.2) is 24.3 Å². The van der Waals surface area contributed by atoms with Gasteiger partial charge in [0.05, 0.1) is 5.56 Å². The fraction of sp³-hybridized carbons (Fsp3) is 0.231. The second-order valence-electron chi connectivity index (χ2n) is 4.29. The van der Waals surface area contributed by atoms with Gasteiger partial charge < -0.3 is 0 Å². The van der Waals surface area contributed by atoms with Crippen molar-refractivity contribution in [2.45, 2.75) is 18.8 Å². The molecule has 18 heavy (non-hydrogen) atoms. The molecule has 0 N–H and O–H groups in total. The molecule has 0 bridgehead atoms. The lowest BCUT2D eigenvalue weighted by molar-refractivity contribution is 0.929. The molecule has 1 saturated carbocycles. The summed E-state index contributed by atoms with van der Waals surface area (Å²) >= 11 is 18.6. The van der Waals surface area contributed by atoms with Gasteiger partial charge in [0.1, 0.15) is 16.1 Å². The van der Waals surface area contributed by atoms with E-state index in [-0.39, 0.29) is 0 Å². The summed E-state index contributed by atoms with van der Waals surface area (Å²) in [4.78, 5) is 8.65. The molecule has 0 radical (unpaired) electrons. The molecule has 1 aromatic heterocycles. The van der Waals surface area contributed by atoms with Gasteiger partial charge >= 0.3 is 0 Å². The summed E-state index contributed by atoms with van der Waals surface area (Å²) in [5.74, 6) is 1.15. The third kappa shape index (κ3) is 2.20. The minimum Gasteiger partial charge on any atom is -0.220 e. The molecule has 1 aromatic carbocycles. The van der Waals surface area contributed by atoms with E-state index in [4.69, 9.17) is 34.8 Å². The van der Waals surface area contributed by atoms with Gasteiger partial charge in [0.15, 0.2) is 0 Å². The fourth-order valence-corrected chi connectivity index (χ4v) is 2.67. The standard InChI is InChI=1S/C13H9Cl3N2/c14-9-4-2-1-3-8(9)10-11(15)17-13(7-5-6-7)18-12(10)16/h1-4,7H,5-6H2. The molecule has 0 amide bonds. The number of nitrogens with zero attached hydrogens (tertiary/aromatic N) is 2. The highest BCUT2D eigenvalue weighted by molar-refractivity contribution is 6.40. The maximum Gasteiger partial charge on any atom is 0.142 e. The molecule has 2 aromatic rings. The van der Waals surface area contributed by atoms with Gasteiger partial charge in [0.2, 0.25) is 0 Å². The van der Waals surface area contributed by atoms with E-state index in [0.717, 1.165) is 24.2 Å². The van der Waals surface area contributed by atoms with Crippen molar-refractivity contribution in [1.82, 2.24) is 9.97 Å². The Morgan fingerprint density at radius 2 is 1.56 bits per heavy atom. The predicted molar refractivity (Wildman–Crippen MR) is 74.5 cm³/mol. The molecule has 1 aliphatic rings. The van der Waals surface area contributed by atoms with Crippen LogP contribution in [0.5, 0.6) is 0 Å². The summed E-state index contributed by atoms with van der Waals surface area (Å²) in [6, 6.07) is 7.38. The van der Waals surface area contributed by atoms with Crippen LogP contribution in [0.3, 0.4) is 0 Å². The lowest BCUT2D eigenvalue weighted by atomic mass is 10.1. The molecule has 0 atom stereocenters. The molecule has 0 saturated heterocycles. The average molecular weight is 300 g/mol. The van der Waals surface area contributed by atoms with Crippen LogP contribution >= 0.6 is 34.8 Å². The first-order valence-corrected chi connectivity index (χ1v) is 6.78. The first-order valence-electron chi connectivity index (χ1n) is 5.64. The molecule has 1 aliphatic carbocycles. The predicted octanol–water partition coefficient (Wildman–Crippen LogP) is 4.98. The zero-order valence-corrected chi connectivity index (χ0v) is 11.6. The van der Waals surface area contributed by atoms with Crippen molar-refractivity contribution in [1.29, 1.82) is 0 Å². The summed E-state index contributed by atoms with van der Waals surface area (Å²) in [7, 11) is 0. The van der Waals surface area contributed by atoms with Gasteiger partial charge in [0.25, 0.3) is 0 Å². The molecule has 92 valence electrons.